The molecule has 14 nitrogen and oxygen atoms in total. The van der Waals surface area contributed by atoms with Gasteiger partial charge in [-0.1, -0.05) is 13.2 Å². The second kappa shape index (κ2) is 27.4. The smallest absolute Gasteiger partial charge is 0.143 e. The molecule has 2 unspecified atom stereocenters. The molecule has 77 heavy (non-hydrogen) atoms. The molecule has 10 heterocycles. The zero-order valence-electron chi connectivity index (χ0n) is 52.2. The minimum atomic E-state index is 0.295. The first-order chi connectivity index (χ1) is 36.0. The Morgan fingerprint density at radius 2 is 0.805 bits per heavy atom. The summed E-state index contributed by atoms with van der Waals surface area (Å²) < 4.78 is 0. The minimum Gasteiger partial charge on any atom is -0.512 e. The minimum absolute atomic E-state index is 0.295. The fourth-order valence-corrected chi connectivity index (χ4v) is 15.3. The Labute approximate surface area is 471 Å². The predicted molar refractivity (Wildman–Crippen MR) is 320 cm³/mol. The molecule has 10 aliphatic rings. The third-order valence-corrected chi connectivity index (χ3v) is 20.2. The van der Waals surface area contributed by atoms with Crippen LogP contribution in [0.2, 0.25) is 0 Å². The number of likely N-dealkylation sites (tertiary alicyclic amines) is 10. The van der Waals surface area contributed by atoms with Crippen LogP contribution < -0.4 is 0 Å². The number of aliphatic hydroxyl groups excluding tert-OH is 2. The Bertz CT molecular complexity index is 1850. The van der Waals surface area contributed by atoms with Gasteiger partial charge in [-0.15, -0.1) is 0 Å². The van der Waals surface area contributed by atoms with Gasteiger partial charge >= 0.3 is 0 Å². The van der Waals surface area contributed by atoms with Gasteiger partial charge in [0.1, 0.15) is 11.6 Å². The summed E-state index contributed by atoms with van der Waals surface area (Å²) in [5, 5.41) is 18.3. The van der Waals surface area contributed by atoms with Crippen LogP contribution in [-0.4, -0.2) is 265 Å². The zero-order valence-corrected chi connectivity index (χ0v) is 52.2. The molecule has 0 radical (unpaired) electrons. The third kappa shape index (κ3) is 18.5. The normalized spacial score (nSPS) is 27.8. The molecule has 0 saturated carbocycles. The first-order valence-corrected chi connectivity index (χ1v) is 31.0. The SMILES string of the molecule is C=C(O)CN1CC2(CCN(C(C)C)C2)C1.C=C(O)CN1CC2CN(C(C)C)CC2C1.CC(=O)CN1CCC2(C1)CN(C(C)C)C2.CC(=O)CN1CCC2(CC1)CCN(C(C)C)C2.CN1CCC2(CCN(C(C)(C)C)CC2)C1. The molecule has 10 aliphatic heterocycles. The molecule has 10 fully saturated rings. The van der Waals surface area contributed by atoms with E-state index in [1.54, 1.807) is 13.8 Å². The quantitative estimate of drug-likeness (QED) is 0.186. The molecule has 2 atom stereocenters. The second-order valence-corrected chi connectivity index (χ2v) is 29.5. The lowest BCUT2D eigenvalue weighted by atomic mass is 9.77. The van der Waals surface area contributed by atoms with Crippen molar-refractivity contribution in [3.8, 4) is 0 Å². The van der Waals surface area contributed by atoms with Crippen LogP contribution in [0, 0.1) is 33.5 Å². The Hall–Kier alpha value is -1.98. The summed E-state index contributed by atoms with van der Waals surface area (Å²) in [4.78, 5) is 46.8. The van der Waals surface area contributed by atoms with Gasteiger partial charge in [0.2, 0.25) is 0 Å². The number of Topliss-reactive ketones (excluding diaryl/α,β-unsaturated/α-hetero) is 2. The summed E-state index contributed by atoms with van der Waals surface area (Å²) in [6, 6.07) is 2.71. The standard InChI is InChI=1S/C14H26N2O.C13H26N2.3C12H22N2O/c1-12(2)16-9-6-14(11-16)4-7-15(8-5-14)10-13(3)17;1-12(2,3)15-9-6-13(7-10-15)5-8-14(4)11-13;1-9(2)14-7-11-5-13(4-10(3)15)6-12(11)8-14;1-10(2)14-5-4-12(9-14)7-13(8-12)6-11(3)15;1-10(2)14-8-12(9-14)4-5-13(7-12)6-11(3)15/h12H,4-11H2,1-3H3;5-11H2,1-4H3;9,11-12,15H,3-8H2,1-2H3;10,15H,3-9H2,1-2H3;10H,4-9H2,1-3H3. The molecule has 14 heteroatoms. The van der Waals surface area contributed by atoms with Gasteiger partial charge in [0, 0.05) is 119 Å². The fraction of sp³-hybridized carbons (Fsp3) is 0.905. The number of carbonyl (C=O) groups excluding carboxylic acids is 2. The topological polar surface area (TPSA) is 107 Å². The molecule has 0 aromatic carbocycles. The average molecular weight is 1080 g/mol. The van der Waals surface area contributed by atoms with Crippen LogP contribution in [0.1, 0.15) is 141 Å². The maximum atomic E-state index is 11.1. The van der Waals surface area contributed by atoms with E-state index in [9.17, 15) is 9.59 Å². The van der Waals surface area contributed by atoms with Gasteiger partial charge in [0.15, 0.2) is 0 Å². The van der Waals surface area contributed by atoms with Gasteiger partial charge in [-0.25, -0.2) is 0 Å². The number of carbonyl (C=O) groups is 2. The number of ketones is 2. The van der Waals surface area contributed by atoms with E-state index in [2.05, 4.69) is 145 Å². The van der Waals surface area contributed by atoms with Crippen LogP contribution in [0.4, 0.5) is 0 Å². The molecule has 4 spiro atoms. The van der Waals surface area contributed by atoms with Gasteiger partial charge in [0.05, 0.1) is 37.7 Å². The van der Waals surface area contributed by atoms with E-state index >= 15 is 0 Å². The van der Waals surface area contributed by atoms with Crippen molar-refractivity contribution in [1.82, 2.24) is 49.0 Å². The highest BCUT2D eigenvalue weighted by molar-refractivity contribution is 5.78. The molecule has 10 rings (SSSR count). The van der Waals surface area contributed by atoms with E-state index in [4.69, 9.17) is 10.2 Å². The van der Waals surface area contributed by atoms with Crippen molar-refractivity contribution >= 4 is 11.6 Å². The van der Waals surface area contributed by atoms with Crippen LogP contribution in [0.25, 0.3) is 0 Å². The molecule has 0 amide bonds. The van der Waals surface area contributed by atoms with Gasteiger partial charge in [-0.2, -0.15) is 0 Å². The summed E-state index contributed by atoms with van der Waals surface area (Å²) >= 11 is 0. The summed E-state index contributed by atoms with van der Waals surface area (Å²) in [7, 11) is 2.27. The first-order valence-electron chi connectivity index (χ1n) is 31.0. The zero-order chi connectivity index (χ0) is 56.7. The monoisotopic (exact) mass is 1080 g/mol. The van der Waals surface area contributed by atoms with E-state index in [1.807, 2.05) is 0 Å². The lowest BCUT2D eigenvalue weighted by Gasteiger charge is -2.50. The summed E-state index contributed by atoms with van der Waals surface area (Å²) in [5.41, 5.74) is 2.67. The molecular weight excluding hydrogens is 961 g/mol. The fourth-order valence-electron chi connectivity index (χ4n) is 15.3. The average Bonchev–Trinajstić information content (AvgIpc) is 4.17. The Morgan fingerprint density at radius 1 is 0.442 bits per heavy atom. The molecule has 0 aromatic rings. The van der Waals surface area contributed by atoms with Gasteiger partial charge in [-0.3, -0.25) is 39.0 Å². The molecule has 0 aliphatic carbocycles. The van der Waals surface area contributed by atoms with Gasteiger partial charge in [0.25, 0.3) is 0 Å². The molecule has 2 N–H and O–H groups in total. The number of piperidine rings is 2. The van der Waals surface area contributed by atoms with E-state index < -0.39 is 0 Å². The van der Waals surface area contributed by atoms with Crippen LogP contribution in [-0.2, 0) is 9.59 Å². The predicted octanol–water partition coefficient (Wildman–Crippen LogP) is 7.77. The lowest BCUT2D eigenvalue weighted by molar-refractivity contribution is -0.119. The van der Waals surface area contributed by atoms with Crippen molar-refractivity contribution < 1.29 is 19.8 Å². The number of hydrogen-bond acceptors (Lipinski definition) is 14. The number of hydrogen-bond donors (Lipinski definition) is 2. The summed E-state index contributed by atoms with van der Waals surface area (Å²) in [5.74, 6) is 2.82. The van der Waals surface area contributed by atoms with Crippen LogP contribution in [0.3, 0.4) is 0 Å². The molecule has 0 bridgehead atoms. The Balaban J connectivity index is 0.000000156. The van der Waals surface area contributed by atoms with Crippen LogP contribution in [0.5, 0.6) is 0 Å². The van der Waals surface area contributed by atoms with Crippen molar-refractivity contribution in [1.29, 1.82) is 0 Å². The van der Waals surface area contributed by atoms with Crippen LogP contribution >= 0.6 is 0 Å². The first kappa shape index (κ1) is 64.2. The van der Waals surface area contributed by atoms with Crippen LogP contribution in [0.15, 0.2) is 24.7 Å². The summed E-state index contributed by atoms with van der Waals surface area (Å²) in [6.45, 7) is 62.6. The van der Waals surface area contributed by atoms with Crippen molar-refractivity contribution in [3.05, 3.63) is 24.7 Å². The van der Waals surface area contributed by atoms with E-state index in [0.29, 0.717) is 101 Å². The Kier molecular flexibility index (Phi) is 22.8. The lowest BCUT2D eigenvalue weighted by Crippen LogP contribution is -2.59. The maximum absolute atomic E-state index is 11.1. The van der Waals surface area contributed by atoms with Crippen molar-refractivity contribution in [2.45, 2.75) is 171 Å². The van der Waals surface area contributed by atoms with Crippen molar-refractivity contribution in [3.63, 3.8) is 0 Å². The number of aliphatic hydroxyl groups is 2. The number of nitrogens with zero attached hydrogens (tertiary/aromatic N) is 10. The van der Waals surface area contributed by atoms with E-state index in [-0.39, 0.29) is 0 Å². The van der Waals surface area contributed by atoms with E-state index in [1.165, 1.54) is 130 Å². The molecule has 444 valence electrons. The molecule has 10 saturated heterocycles. The third-order valence-electron chi connectivity index (χ3n) is 20.2. The van der Waals surface area contributed by atoms with E-state index in [0.717, 1.165) is 64.2 Å². The van der Waals surface area contributed by atoms with Gasteiger partial charge < -0.3 is 29.8 Å². The second-order valence-electron chi connectivity index (χ2n) is 29.5. The summed E-state index contributed by atoms with van der Waals surface area (Å²) in [6.07, 6.45) is 10.8. The maximum Gasteiger partial charge on any atom is 0.143 e. The van der Waals surface area contributed by atoms with Gasteiger partial charge in [-0.05, 0) is 223 Å². The highest BCUT2D eigenvalue weighted by Gasteiger charge is 2.49. The number of rotatable bonds is 12. The number of fused-ring (bicyclic) bond motifs is 1. The van der Waals surface area contributed by atoms with Crippen molar-refractivity contribution in [2.24, 2.45) is 33.5 Å². The highest BCUT2D eigenvalue weighted by atomic mass is 16.3. The largest absolute Gasteiger partial charge is 0.512 e. The molecule has 0 aromatic heterocycles. The highest BCUT2D eigenvalue weighted by Crippen LogP contribution is 2.44. The van der Waals surface area contributed by atoms with Crippen molar-refractivity contribution in [2.75, 3.05) is 164 Å². The molecular formula is C63H118N10O4. The Morgan fingerprint density at radius 3 is 1.25 bits per heavy atom.